The number of ether oxygens (including phenoxy) is 2. The van der Waals surface area contributed by atoms with Crippen molar-refractivity contribution in [3.63, 3.8) is 0 Å². The first kappa shape index (κ1) is 27.2. The van der Waals surface area contributed by atoms with E-state index in [-0.39, 0.29) is 11.9 Å². The molecule has 2 saturated heterocycles. The highest BCUT2D eigenvalue weighted by Gasteiger charge is 2.30. The van der Waals surface area contributed by atoms with Crippen LogP contribution in [0.15, 0.2) is 67.1 Å². The Balaban J connectivity index is 1.15. The molecule has 2 fully saturated rings. The van der Waals surface area contributed by atoms with Crippen LogP contribution in [-0.2, 0) is 11.4 Å². The van der Waals surface area contributed by atoms with Gasteiger partial charge in [-0.1, -0.05) is 23.7 Å². The van der Waals surface area contributed by atoms with Gasteiger partial charge in [-0.2, -0.15) is 0 Å². The molecule has 2 aromatic carbocycles. The molecule has 2 aliphatic rings. The first-order valence-electron chi connectivity index (χ1n) is 14.1. The Hall–Kier alpha value is -3.95. The number of carbonyl (C=O) groups excluding carboxylic acids is 1. The molecule has 6 rings (SSSR count). The zero-order chi connectivity index (χ0) is 28.0. The van der Waals surface area contributed by atoms with E-state index < -0.39 is 0 Å². The van der Waals surface area contributed by atoms with Crippen LogP contribution in [0.1, 0.15) is 31.4 Å². The third kappa shape index (κ3) is 6.52. The number of benzene rings is 2. The molecule has 0 aliphatic carbocycles. The number of pyridine rings is 1. The molecule has 1 N–H and O–H groups in total. The number of anilines is 2. The van der Waals surface area contributed by atoms with E-state index in [0.29, 0.717) is 42.1 Å². The van der Waals surface area contributed by atoms with Gasteiger partial charge in [-0.05, 0) is 81.2 Å². The third-order valence-electron chi connectivity index (χ3n) is 7.61. The first-order chi connectivity index (χ1) is 20.1. The van der Waals surface area contributed by atoms with Gasteiger partial charge in [0.05, 0.1) is 34.2 Å². The van der Waals surface area contributed by atoms with E-state index in [4.69, 9.17) is 21.1 Å². The highest BCUT2D eigenvalue weighted by Crippen LogP contribution is 2.34. The predicted molar refractivity (Wildman–Crippen MR) is 159 cm³/mol. The summed E-state index contributed by atoms with van der Waals surface area (Å²) in [7, 11) is 0. The van der Waals surface area contributed by atoms with Gasteiger partial charge in [0.2, 0.25) is 5.91 Å². The second kappa shape index (κ2) is 12.7. The molecule has 0 unspecified atom stereocenters. The van der Waals surface area contributed by atoms with Crippen LogP contribution in [0, 0.1) is 0 Å². The van der Waals surface area contributed by atoms with Crippen molar-refractivity contribution in [2.45, 2.75) is 38.3 Å². The van der Waals surface area contributed by atoms with Crippen LogP contribution < -0.4 is 14.8 Å². The van der Waals surface area contributed by atoms with Crippen molar-refractivity contribution in [1.29, 1.82) is 0 Å². The largest absolute Gasteiger partial charge is 0.491 e. The molecule has 212 valence electrons. The molecule has 2 aromatic heterocycles. The monoisotopic (exact) mass is 572 g/mol. The number of hydrogen-bond donors (Lipinski definition) is 1. The highest BCUT2D eigenvalue weighted by molar-refractivity contribution is 6.32. The zero-order valence-electron chi connectivity index (χ0n) is 22.8. The Kier molecular flexibility index (Phi) is 8.44. The number of fused-ring (bicyclic) bond motifs is 1. The molecule has 10 heteroatoms. The Morgan fingerprint density at radius 1 is 0.951 bits per heavy atom. The molecule has 0 saturated carbocycles. The third-order valence-corrected chi connectivity index (χ3v) is 7.90. The molecule has 4 heterocycles. The van der Waals surface area contributed by atoms with Crippen molar-refractivity contribution in [1.82, 2.24) is 24.8 Å². The van der Waals surface area contributed by atoms with Crippen LogP contribution in [0.25, 0.3) is 10.9 Å². The number of rotatable bonds is 10. The SMILES string of the molecule is O=C(CN1CCCC1)N1CCC[C@@H]1COc1cccc2ncnc(Nc3ccc(OCc4ccccn4)c(Cl)c3)c12. The van der Waals surface area contributed by atoms with Crippen molar-refractivity contribution in [2.75, 3.05) is 38.1 Å². The molecule has 4 aromatic rings. The van der Waals surface area contributed by atoms with Gasteiger partial charge in [0, 0.05) is 18.4 Å². The van der Waals surface area contributed by atoms with Gasteiger partial charge in [0.1, 0.15) is 36.9 Å². The van der Waals surface area contributed by atoms with Gasteiger partial charge in [-0.15, -0.1) is 0 Å². The molecule has 0 spiro atoms. The van der Waals surface area contributed by atoms with Crippen LogP contribution in [0.4, 0.5) is 11.5 Å². The van der Waals surface area contributed by atoms with Crippen LogP contribution in [-0.4, -0.2) is 69.5 Å². The fraction of sp³-hybridized carbons (Fsp3) is 0.355. The normalized spacial score (nSPS) is 17.2. The number of halogens is 1. The van der Waals surface area contributed by atoms with Crippen LogP contribution in [0.5, 0.6) is 11.5 Å². The molecule has 1 amide bonds. The standard InChI is InChI=1S/C31H33ClN6O3/c32-25-17-22(11-12-27(25)40-19-23-7-1-2-13-33-23)36-31-30-26(34-21-35-31)9-5-10-28(30)41-20-24-8-6-16-38(24)29(39)18-37-14-3-4-15-37/h1-2,5,7,9-13,17,21,24H,3-4,6,8,14-16,18-20H2,(H,34,35,36)/t24-/m1/s1. The topological polar surface area (TPSA) is 92.7 Å². The molecule has 2 aliphatic heterocycles. The van der Waals surface area contributed by atoms with Gasteiger partial charge < -0.3 is 19.7 Å². The molecule has 0 radical (unpaired) electrons. The van der Waals surface area contributed by atoms with E-state index in [1.165, 1.54) is 19.2 Å². The number of carbonyl (C=O) groups is 1. The molecular formula is C31H33ClN6O3. The van der Waals surface area contributed by atoms with Crippen molar-refractivity contribution >= 4 is 39.9 Å². The van der Waals surface area contributed by atoms with Crippen molar-refractivity contribution < 1.29 is 14.3 Å². The van der Waals surface area contributed by atoms with Gasteiger partial charge in [-0.25, -0.2) is 9.97 Å². The minimum Gasteiger partial charge on any atom is -0.491 e. The van der Waals surface area contributed by atoms with E-state index in [1.54, 1.807) is 12.3 Å². The highest BCUT2D eigenvalue weighted by atomic mass is 35.5. The smallest absolute Gasteiger partial charge is 0.237 e. The minimum atomic E-state index is 0.0545. The van der Waals surface area contributed by atoms with E-state index in [0.717, 1.165) is 54.8 Å². The van der Waals surface area contributed by atoms with Crippen LogP contribution in [0.3, 0.4) is 0 Å². The molecule has 41 heavy (non-hydrogen) atoms. The van der Waals surface area contributed by atoms with Crippen LogP contribution >= 0.6 is 11.6 Å². The lowest BCUT2D eigenvalue weighted by Gasteiger charge is -2.27. The van der Waals surface area contributed by atoms with E-state index in [2.05, 4.69) is 25.2 Å². The summed E-state index contributed by atoms with van der Waals surface area (Å²) in [4.78, 5) is 30.5. The average Bonchev–Trinajstić information content (AvgIpc) is 3.69. The number of likely N-dealkylation sites (tertiary alicyclic amines) is 2. The molecule has 1 atom stereocenters. The van der Waals surface area contributed by atoms with Crippen molar-refractivity contribution in [3.05, 3.63) is 77.8 Å². The summed E-state index contributed by atoms with van der Waals surface area (Å²) in [6.45, 7) is 4.06. The zero-order valence-corrected chi connectivity index (χ0v) is 23.6. The lowest BCUT2D eigenvalue weighted by atomic mass is 10.2. The fourth-order valence-corrected chi connectivity index (χ4v) is 5.74. The van der Waals surface area contributed by atoms with Crippen molar-refractivity contribution in [2.24, 2.45) is 0 Å². The number of nitrogens with zero attached hydrogens (tertiary/aromatic N) is 5. The number of nitrogens with one attached hydrogen (secondary N) is 1. The summed E-state index contributed by atoms with van der Waals surface area (Å²) in [6.07, 6.45) is 7.54. The lowest BCUT2D eigenvalue weighted by Crippen LogP contribution is -2.44. The van der Waals surface area contributed by atoms with E-state index >= 15 is 0 Å². The second-order valence-corrected chi connectivity index (χ2v) is 10.8. The second-order valence-electron chi connectivity index (χ2n) is 10.4. The van der Waals surface area contributed by atoms with Crippen molar-refractivity contribution in [3.8, 4) is 11.5 Å². The Morgan fingerprint density at radius 2 is 1.85 bits per heavy atom. The molecular weight excluding hydrogens is 540 g/mol. The summed E-state index contributed by atoms with van der Waals surface area (Å²) in [5.74, 6) is 2.05. The Labute approximate surface area is 244 Å². The Morgan fingerprint density at radius 3 is 2.68 bits per heavy atom. The minimum absolute atomic E-state index is 0.0545. The fourth-order valence-electron chi connectivity index (χ4n) is 5.51. The van der Waals surface area contributed by atoms with Gasteiger partial charge in [0.25, 0.3) is 0 Å². The number of hydrogen-bond acceptors (Lipinski definition) is 8. The first-order valence-corrected chi connectivity index (χ1v) is 14.5. The number of amides is 1. The van der Waals surface area contributed by atoms with E-state index in [1.807, 2.05) is 53.4 Å². The quantitative estimate of drug-likeness (QED) is 0.267. The van der Waals surface area contributed by atoms with Gasteiger partial charge in [-0.3, -0.25) is 14.7 Å². The van der Waals surface area contributed by atoms with Gasteiger partial charge in [0.15, 0.2) is 0 Å². The molecule has 0 bridgehead atoms. The maximum absolute atomic E-state index is 13.0. The summed E-state index contributed by atoms with van der Waals surface area (Å²) in [5, 5.41) is 4.62. The van der Waals surface area contributed by atoms with E-state index in [9.17, 15) is 4.79 Å². The maximum atomic E-state index is 13.0. The summed E-state index contributed by atoms with van der Waals surface area (Å²) in [6, 6.07) is 17.0. The lowest BCUT2D eigenvalue weighted by molar-refractivity contribution is -0.133. The summed E-state index contributed by atoms with van der Waals surface area (Å²) < 4.78 is 12.2. The maximum Gasteiger partial charge on any atom is 0.237 e. The number of aromatic nitrogens is 3. The summed E-state index contributed by atoms with van der Waals surface area (Å²) >= 11 is 6.55. The van der Waals surface area contributed by atoms with Gasteiger partial charge >= 0.3 is 0 Å². The summed E-state index contributed by atoms with van der Waals surface area (Å²) in [5.41, 5.74) is 2.33. The Bertz CT molecular complexity index is 1490. The molecule has 9 nitrogen and oxygen atoms in total. The average molecular weight is 573 g/mol. The van der Waals surface area contributed by atoms with Crippen LogP contribution in [0.2, 0.25) is 5.02 Å². The predicted octanol–water partition coefficient (Wildman–Crippen LogP) is 5.47.